The minimum Gasteiger partial charge on any atom is -0.494 e. The largest absolute Gasteiger partial charge is 0.494 e. The molecule has 2 aromatic carbocycles. The second-order valence-electron chi connectivity index (χ2n) is 6.71. The third-order valence-corrected chi connectivity index (χ3v) is 4.81. The summed E-state index contributed by atoms with van der Waals surface area (Å²) in [5.74, 6) is 2.15. The van der Waals surface area contributed by atoms with Crippen molar-refractivity contribution in [3.63, 3.8) is 0 Å². The summed E-state index contributed by atoms with van der Waals surface area (Å²) < 4.78 is 11.1. The minimum absolute atomic E-state index is 0.0602. The van der Waals surface area contributed by atoms with E-state index in [2.05, 4.69) is 30.3 Å². The van der Waals surface area contributed by atoms with Gasteiger partial charge in [-0.15, -0.1) is 0 Å². The number of likely N-dealkylation sites (tertiary alicyclic amines) is 1. The van der Waals surface area contributed by atoms with E-state index in [0.717, 1.165) is 38.1 Å². The standard InChI is InChI=1S/C22H27NO3/c1-2-25-20-9-6-10-21(16-20)26-17-22(24)23-13-11-19(12-14-23)15-18-7-4-3-5-8-18/h3-10,16,19H,2,11-15,17H2,1H3. The maximum Gasteiger partial charge on any atom is 0.260 e. The fourth-order valence-corrected chi connectivity index (χ4v) is 3.39. The van der Waals surface area contributed by atoms with Crippen LogP contribution in [0.5, 0.6) is 11.5 Å². The molecule has 0 aromatic heterocycles. The predicted octanol–water partition coefficient (Wildman–Crippen LogP) is 3.95. The molecule has 1 saturated heterocycles. The van der Waals surface area contributed by atoms with Gasteiger partial charge in [-0.3, -0.25) is 4.79 Å². The summed E-state index contributed by atoms with van der Waals surface area (Å²) in [4.78, 5) is 14.3. The van der Waals surface area contributed by atoms with Gasteiger partial charge in [-0.2, -0.15) is 0 Å². The summed E-state index contributed by atoms with van der Waals surface area (Å²) in [6.45, 7) is 4.27. The van der Waals surface area contributed by atoms with Crippen LogP contribution in [0.15, 0.2) is 54.6 Å². The van der Waals surface area contributed by atoms with Gasteiger partial charge in [0.1, 0.15) is 11.5 Å². The first-order chi connectivity index (χ1) is 12.7. The lowest BCUT2D eigenvalue weighted by Gasteiger charge is -2.32. The molecule has 0 saturated carbocycles. The molecule has 0 unspecified atom stereocenters. The van der Waals surface area contributed by atoms with E-state index in [1.54, 1.807) is 0 Å². The van der Waals surface area contributed by atoms with E-state index in [0.29, 0.717) is 18.3 Å². The first-order valence-electron chi connectivity index (χ1n) is 9.42. The van der Waals surface area contributed by atoms with Crippen LogP contribution in [-0.4, -0.2) is 37.1 Å². The molecule has 1 aliphatic heterocycles. The van der Waals surface area contributed by atoms with Crippen LogP contribution in [0, 0.1) is 5.92 Å². The molecule has 0 N–H and O–H groups in total. The molecule has 0 bridgehead atoms. The van der Waals surface area contributed by atoms with Crippen LogP contribution in [0.4, 0.5) is 0 Å². The van der Waals surface area contributed by atoms with Gasteiger partial charge >= 0.3 is 0 Å². The minimum atomic E-state index is 0.0602. The average molecular weight is 353 g/mol. The van der Waals surface area contributed by atoms with Crippen LogP contribution in [-0.2, 0) is 11.2 Å². The summed E-state index contributed by atoms with van der Waals surface area (Å²) in [5, 5.41) is 0. The topological polar surface area (TPSA) is 38.8 Å². The zero-order valence-corrected chi connectivity index (χ0v) is 15.4. The number of benzene rings is 2. The Morgan fingerprint density at radius 2 is 1.69 bits per heavy atom. The fourth-order valence-electron chi connectivity index (χ4n) is 3.39. The van der Waals surface area contributed by atoms with Crippen molar-refractivity contribution < 1.29 is 14.3 Å². The van der Waals surface area contributed by atoms with Gasteiger partial charge in [0.2, 0.25) is 0 Å². The van der Waals surface area contributed by atoms with Crippen molar-refractivity contribution in [3.8, 4) is 11.5 Å². The van der Waals surface area contributed by atoms with Crippen molar-refractivity contribution in [1.82, 2.24) is 4.90 Å². The van der Waals surface area contributed by atoms with Crippen LogP contribution in [0.2, 0.25) is 0 Å². The van der Waals surface area contributed by atoms with Crippen LogP contribution in [0.25, 0.3) is 0 Å². The van der Waals surface area contributed by atoms with Crippen molar-refractivity contribution in [2.24, 2.45) is 5.92 Å². The molecule has 138 valence electrons. The third-order valence-electron chi connectivity index (χ3n) is 4.81. The molecule has 4 nitrogen and oxygen atoms in total. The zero-order chi connectivity index (χ0) is 18.2. The maximum atomic E-state index is 12.4. The van der Waals surface area contributed by atoms with Crippen molar-refractivity contribution in [2.45, 2.75) is 26.2 Å². The van der Waals surface area contributed by atoms with E-state index in [1.165, 1.54) is 5.56 Å². The highest BCUT2D eigenvalue weighted by Gasteiger charge is 2.23. The summed E-state index contributed by atoms with van der Waals surface area (Å²) in [6, 6.07) is 18.0. The molecule has 1 amide bonds. The van der Waals surface area contributed by atoms with Crippen LogP contribution in [0.3, 0.4) is 0 Å². The first kappa shape index (κ1) is 18.3. The first-order valence-corrected chi connectivity index (χ1v) is 9.42. The number of hydrogen-bond acceptors (Lipinski definition) is 3. The number of ether oxygens (including phenoxy) is 2. The Morgan fingerprint density at radius 1 is 1.00 bits per heavy atom. The molecule has 0 aliphatic carbocycles. The number of amides is 1. The molecule has 26 heavy (non-hydrogen) atoms. The van der Waals surface area contributed by atoms with Crippen LogP contribution >= 0.6 is 0 Å². The molecule has 1 aliphatic rings. The second-order valence-corrected chi connectivity index (χ2v) is 6.71. The SMILES string of the molecule is CCOc1cccc(OCC(=O)N2CCC(Cc3ccccc3)CC2)c1. The molecule has 4 heteroatoms. The monoisotopic (exact) mass is 353 g/mol. The lowest BCUT2D eigenvalue weighted by atomic mass is 9.90. The van der Waals surface area contributed by atoms with Gasteiger partial charge in [-0.1, -0.05) is 36.4 Å². The fraction of sp³-hybridized carbons (Fsp3) is 0.409. The molecule has 3 rings (SSSR count). The Balaban J connectivity index is 1.43. The average Bonchev–Trinajstić information content (AvgIpc) is 2.68. The highest BCUT2D eigenvalue weighted by Crippen LogP contribution is 2.22. The lowest BCUT2D eigenvalue weighted by molar-refractivity contribution is -0.134. The molecule has 1 fully saturated rings. The zero-order valence-electron chi connectivity index (χ0n) is 15.4. The number of hydrogen-bond donors (Lipinski definition) is 0. The van der Waals surface area contributed by atoms with Gasteiger partial charge in [-0.05, 0) is 49.8 Å². The van der Waals surface area contributed by atoms with Gasteiger partial charge in [0, 0.05) is 19.2 Å². The smallest absolute Gasteiger partial charge is 0.260 e. The van der Waals surface area contributed by atoms with Gasteiger partial charge in [0.15, 0.2) is 6.61 Å². The third kappa shape index (κ3) is 5.25. The summed E-state index contributed by atoms with van der Waals surface area (Å²) in [6.07, 6.45) is 3.21. The highest BCUT2D eigenvalue weighted by atomic mass is 16.5. The second kappa shape index (κ2) is 9.27. The van der Waals surface area contributed by atoms with E-state index in [9.17, 15) is 4.79 Å². The molecule has 1 heterocycles. The molecule has 2 aromatic rings. The summed E-state index contributed by atoms with van der Waals surface area (Å²) >= 11 is 0. The molecular formula is C22H27NO3. The van der Waals surface area contributed by atoms with E-state index >= 15 is 0 Å². The van der Waals surface area contributed by atoms with E-state index in [-0.39, 0.29) is 12.5 Å². The van der Waals surface area contributed by atoms with Gasteiger partial charge in [0.25, 0.3) is 5.91 Å². The normalized spacial score (nSPS) is 14.9. The predicted molar refractivity (Wildman–Crippen MR) is 103 cm³/mol. The molecule has 0 atom stereocenters. The number of rotatable bonds is 7. The van der Waals surface area contributed by atoms with Crippen molar-refractivity contribution in [2.75, 3.05) is 26.3 Å². The quantitative estimate of drug-likeness (QED) is 0.757. The number of carbonyl (C=O) groups is 1. The van der Waals surface area contributed by atoms with Crippen molar-refractivity contribution in [1.29, 1.82) is 0 Å². The Kier molecular flexibility index (Phi) is 6.53. The Morgan fingerprint density at radius 3 is 2.38 bits per heavy atom. The number of nitrogens with zero attached hydrogens (tertiary/aromatic N) is 1. The summed E-state index contributed by atoms with van der Waals surface area (Å²) in [5.41, 5.74) is 1.38. The summed E-state index contributed by atoms with van der Waals surface area (Å²) in [7, 11) is 0. The molecular weight excluding hydrogens is 326 g/mol. The van der Waals surface area contributed by atoms with Crippen LogP contribution < -0.4 is 9.47 Å². The van der Waals surface area contributed by atoms with Crippen molar-refractivity contribution >= 4 is 5.91 Å². The van der Waals surface area contributed by atoms with Gasteiger partial charge in [-0.25, -0.2) is 0 Å². The van der Waals surface area contributed by atoms with Crippen LogP contribution in [0.1, 0.15) is 25.3 Å². The highest BCUT2D eigenvalue weighted by molar-refractivity contribution is 5.77. The maximum absolute atomic E-state index is 12.4. The van der Waals surface area contributed by atoms with Gasteiger partial charge < -0.3 is 14.4 Å². The number of carbonyl (C=O) groups excluding carboxylic acids is 1. The van der Waals surface area contributed by atoms with E-state index in [4.69, 9.17) is 9.47 Å². The lowest BCUT2D eigenvalue weighted by Crippen LogP contribution is -2.41. The van der Waals surface area contributed by atoms with E-state index in [1.807, 2.05) is 36.1 Å². The molecule has 0 spiro atoms. The van der Waals surface area contributed by atoms with Gasteiger partial charge in [0.05, 0.1) is 6.61 Å². The number of piperidine rings is 1. The Labute approximate surface area is 155 Å². The molecule has 0 radical (unpaired) electrons. The Bertz CT molecular complexity index is 694. The Hall–Kier alpha value is -2.49. The van der Waals surface area contributed by atoms with E-state index < -0.39 is 0 Å². The van der Waals surface area contributed by atoms with Crippen molar-refractivity contribution in [3.05, 3.63) is 60.2 Å².